The number of nitrogens with one attached hydrogen (secondary N) is 1. The van der Waals surface area contributed by atoms with Gasteiger partial charge in [-0.15, -0.1) is 0 Å². The first-order valence-corrected chi connectivity index (χ1v) is 13.2. The highest BCUT2D eigenvalue weighted by molar-refractivity contribution is 7.90. The summed E-state index contributed by atoms with van der Waals surface area (Å²) in [6, 6.07) is 25.0. The van der Waals surface area contributed by atoms with Gasteiger partial charge in [0.25, 0.3) is 15.9 Å². The Bertz CT molecular complexity index is 1450. The average molecular weight is 521 g/mol. The molecule has 0 aliphatic heterocycles. The fourth-order valence-corrected chi connectivity index (χ4v) is 4.83. The molecule has 0 saturated carbocycles. The highest BCUT2D eigenvalue weighted by atomic mass is 35.5. The van der Waals surface area contributed by atoms with Gasteiger partial charge in [-0.1, -0.05) is 72.3 Å². The van der Waals surface area contributed by atoms with E-state index in [1.54, 1.807) is 30.3 Å². The number of benzene rings is 3. The third kappa shape index (κ3) is 6.47. The predicted octanol–water partition coefficient (Wildman–Crippen LogP) is 4.52. The highest BCUT2D eigenvalue weighted by Crippen LogP contribution is 2.19. The molecule has 0 radical (unpaired) electrons. The summed E-state index contributed by atoms with van der Waals surface area (Å²) >= 11 is 6.15. The zero-order chi connectivity index (χ0) is 25.5. The molecule has 1 N–H and O–H groups in total. The van der Waals surface area contributed by atoms with Crippen molar-refractivity contribution in [3.63, 3.8) is 0 Å². The molecule has 0 saturated heterocycles. The van der Waals surface area contributed by atoms with Crippen LogP contribution in [0.3, 0.4) is 0 Å². The number of likely N-dealkylation sites (N-methyl/N-ethyl adjacent to an activating group) is 1. The van der Waals surface area contributed by atoms with Crippen molar-refractivity contribution in [3.8, 4) is 0 Å². The van der Waals surface area contributed by atoms with Gasteiger partial charge in [0, 0.05) is 31.2 Å². The number of hydrogen-bond acceptors (Lipinski definition) is 6. The number of halogens is 1. The number of carbonyl (C=O) groups excluding carboxylic acids is 1. The van der Waals surface area contributed by atoms with Crippen molar-refractivity contribution < 1.29 is 13.2 Å². The minimum absolute atomic E-state index is 0.00655. The highest BCUT2D eigenvalue weighted by Gasteiger charge is 2.23. The quantitative estimate of drug-likeness (QED) is 0.349. The van der Waals surface area contributed by atoms with E-state index in [1.807, 2.05) is 42.3 Å². The Labute approximate surface area is 215 Å². The monoisotopic (exact) mass is 520 g/mol. The van der Waals surface area contributed by atoms with Gasteiger partial charge in [-0.2, -0.15) is 0 Å². The predicted molar refractivity (Wildman–Crippen MR) is 141 cm³/mol. The molecule has 0 aliphatic carbocycles. The second-order valence-electron chi connectivity index (χ2n) is 8.24. The fraction of sp³-hybridized carbons (Fsp3) is 0.148. The maximum absolute atomic E-state index is 13.1. The molecule has 0 bridgehead atoms. The molecule has 3 aromatic carbocycles. The minimum Gasteiger partial charge on any atom is -0.344 e. The first-order chi connectivity index (χ1) is 17.3. The zero-order valence-electron chi connectivity index (χ0n) is 19.6. The Morgan fingerprint density at radius 1 is 0.944 bits per heavy atom. The van der Waals surface area contributed by atoms with Crippen LogP contribution in [0.5, 0.6) is 0 Å². The summed E-state index contributed by atoms with van der Waals surface area (Å²) in [4.78, 5) is 24.0. The number of nitrogens with zero attached hydrogens (tertiary/aromatic N) is 3. The van der Waals surface area contributed by atoms with Crippen LogP contribution in [0.25, 0.3) is 0 Å². The van der Waals surface area contributed by atoms with Gasteiger partial charge >= 0.3 is 0 Å². The summed E-state index contributed by atoms with van der Waals surface area (Å²) in [6.07, 6.45) is 2.44. The standard InChI is InChI=1S/C27H25ClN4O3S/c1-32(16-15-20-9-4-2-5-10-20)27-29-19-24(25(30-27)18-21-11-8-12-22(28)17-21)26(33)31-36(34,35)23-13-6-3-7-14-23/h2-14,17,19H,15-16,18H2,1H3,(H,31,33). The van der Waals surface area contributed by atoms with Gasteiger partial charge in [-0.05, 0) is 41.8 Å². The lowest BCUT2D eigenvalue weighted by Crippen LogP contribution is -2.32. The summed E-state index contributed by atoms with van der Waals surface area (Å²) in [5.41, 5.74) is 2.49. The van der Waals surface area contributed by atoms with Gasteiger partial charge in [0.1, 0.15) is 0 Å². The number of hydrogen-bond donors (Lipinski definition) is 1. The van der Waals surface area contributed by atoms with Crippen molar-refractivity contribution >= 4 is 33.5 Å². The first-order valence-electron chi connectivity index (χ1n) is 11.3. The summed E-state index contributed by atoms with van der Waals surface area (Å²) in [6.45, 7) is 0.661. The van der Waals surface area contributed by atoms with Crippen LogP contribution in [0.2, 0.25) is 5.02 Å². The average Bonchev–Trinajstić information content (AvgIpc) is 2.88. The minimum atomic E-state index is -4.06. The zero-order valence-corrected chi connectivity index (χ0v) is 21.2. The molecule has 4 aromatic rings. The van der Waals surface area contributed by atoms with E-state index in [1.165, 1.54) is 23.9 Å². The summed E-state index contributed by atoms with van der Waals surface area (Å²) in [5, 5.41) is 0.555. The van der Waals surface area contributed by atoms with Crippen LogP contribution in [0.4, 0.5) is 5.95 Å². The number of aromatic nitrogens is 2. The van der Waals surface area contributed by atoms with E-state index >= 15 is 0 Å². The summed E-state index contributed by atoms with van der Waals surface area (Å²) < 4.78 is 27.6. The number of carbonyl (C=O) groups is 1. The molecular formula is C27H25ClN4O3S. The number of amides is 1. The number of rotatable bonds is 9. The SMILES string of the molecule is CN(CCc1ccccc1)c1ncc(C(=O)NS(=O)(=O)c2ccccc2)c(Cc2cccc(Cl)c2)n1. The molecule has 4 rings (SSSR count). The molecular weight excluding hydrogens is 496 g/mol. The van der Waals surface area contributed by atoms with Crippen molar-refractivity contribution in [2.45, 2.75) is 17.7 Å². The van der Waals surface area contributed by atoms with Gasteiger partial charge in [-0.25, -0.2) is 23.1 Å². The Kier molecular flexibility index (Phi) is 7.97. The third-order valence-electron chi connectivity index (χ3n) is 5.56. The van der Waals surface area contributed by atoms with E-state index < -0.39 is 15.9 Å². The van der Waals surface area contributed by atoms with Gasteiger partial charge in [-0.3, -0.25) is 4.79 Å². The lowest BCUT2D eigenvalue weighted by atomic mass is 10.1. The van der Waals surface area contributed by atoms with Crippen molar-refractivity contribution in [2.75, 3.05) is 18.5 Å². The maximum atomic E-state index is 13.1. The van der Waals surface area contributed by atoms with E-state index in [9.17, 15) is 13.2 Å². The van der Waals surface area contributed by atoms with Crippen molar-refractivity contribution in [1.29, 1.82) is 0 Å². The molecule has 1 heterocycles. The molecule has 9 heteroatoms. The van der Waals surface area contributed by atoms with Crippen LogP contribution < -0.4 is 9.62 Å². The molecule has 1 amide bonds. The molecule has 0 unspecified atom stereocenters. The maximum Gasteiger partial charge on any atom is 0.268 e. The largest absolute Gasteiger partial charge is 0.344 e. The van der Waals surface area contributed by atoms with E-state index in [2.05, 4.69) is 26.8 Å². The molecule has 1 aromatic heterocycles. The van der Waals surface area contributed by atoms with Crippen LogP contribution in [-0.2, 0) is 22.9 Å². The van der Waals surface area contributed by atoms with Crippen LogP contribution in [0, 0.1) is 0 Å². The molecule has 0 atom stereocenters. The lowest BCUT2D eigenvalue weighted by Gasteiger charge is -2.19. The molecule has 36 heavy (non-hydrogen) atoms. The number of anilines is 1. The van der Waals surface area contributed by atoms with Crippen LogP contribution in [-0.4, -0.2) is 37.9 Å². The number of sulfonamides is 1. The Morgan fingerprint density at radius 3 is 2.31 bits per heavy atom. The van der Waals surface area contributed by atoms with E-state index in [0.29, 0.717) is 23.2 Å². The first kappa shape index (κ1) is 25.3. The van der Waals surface area contributed by atoms with Crippen molar-refractivity contribution in [2.24, 2.45) is 0 Å². The molecule has 7 nitrogen and oxygen atoms in total. The smallest absolute Gasteiger partial charge is 0.268 e. The second-order valence-corrected chi connectivity index (χ2v) is 10.4. The molecule has 0 fully saturated rings. The van der Waals surface area contributed by atoms with Gasteiger partial charge in [0.15, 0.2) is 0 Å². The second kappa shape index (κ2) is 11.3. The summed E-state index contributed by atoms with van der Waals surface area (Å²) in [7, 11) is -2.18. The van der Waals surface area contributed by atoms with Crippen LogP contribution in [0.15, 0.2) is 96.0 Å². The third-order valence-corrected chi connectivity index (χ3v) is 7.14. The van der Waals surface area contributed by atoms with Crippen LogP contribution in [0.1, 0.15) is 27.2 Å². The van der Waals surface area contributed by atoms with Gasteiger partial charge in [0.05, 0.1) is 16.2 Å². The van der Waals surface area contributed by atoms with E-state index in [-0.39, 0.29) is 16.9 Å². The Morgan fingerprint density at radius 2 is 1.61 bits per heavy atom. The van der Waals surface area contributed by atoms with Crippen molar-refractivity contribution in [1.82, 2.24) is 14.7 Å². The van der Waals surface area contributed by atoms with Gasteiger partial charge in [0.2, 0.25) is 5.95 Å². The van der Waals surface area contributed by atoms with Gasteiger partial charge < -0.3 is 4.90 Å². The lowest BCUT2D eigenvalue weighted by molar-refractivity contribution is 0.0980. The van der Waals surface area contributed by atoms with Crippen molar-refractivity contribution in [3.05, 3.63) is 119 Å². The van der Waals surface area contributed by atoms with E-state index in [0.717, 1.165) is 12.0 Å². The molecule has 0 aliphatic rings. The summed E-state index contributed by atoms with van der Waals surface area (Å²) in [5.74, 6) is -0.361. The topological polar surface area (TPSA) is 92.3 Å². The normalized spacial score (nSPS) is 11.2. The molecule has 0 spiro atoms. The Balaban J connectivity index is 1.61. The Hall–Kier alpha value is -3.75. The molecule has 184 valence electrons. The van der Waals surface area contributed by atoms with E-state index in [4.69, 9.17) is 11.6 Å². The fourth-order valence-electron chi connectivity index (χ4n) is 3.63. The van der Waals surface area contributed by atoms with Crippen LogP contribution >= 0.6 is 11.6 Å².